The number of carbonyl (C=O) groups is 1. The summed E-state index contributed by atoms with van der Waals surface area (Å²) in [5, 5.41) is 9.20. The van der Waals surface area contributed by atoms with Crippen LogP contribution in [0.3, 0.4) is 0 Å². The molecule has 0 fully saturated rings. The number of pyridine rings is 1. The first kappa shape index (κ1) is 11.3. The lowest BCUT2D eigenvalue weighted by Crippen LogP contribution is -2.08. The number of nitrogens with zero attached hydrogens (tertiary/aromatic N) is 3. The molecule has 3 aromatic rings. The minimum atomic E-state index is -1.15. The number of rotatable bonds is 2. The second-order valence-electron chi connectivity index (χ2n) is 3.92. The van der Waals surface area contributed by atoms with E-state index in [9.17, 15) is 14.3 Å². The van der Waals surface area contributed by atoms with Gasteiger partial charge in [-0.15, -0.1) is 0 Å². The number of halogens is 1. The summed E-state index contributed by atoms with van der Waals surface area (Å²) in [6.45, 7) is 0. The summed E-state index contributed by atoms with van der Waals surface area (Å²) in [6.07, 6.45) is 3.06. The molecule has 0 saturated carbocycles. The number of aromatic carboxylic acids is 1. The maximum absolute atomic E-state index is 12.9. The molecule has 5 nitrogen and oxygen atoms in total. The predicted molar refractivity (Wildman–Crippen MR) is 65.8 cm³/mol. The second-order valence-corrected chi connectivity index (χ2v) is 3.92. The van der Waals surface area contributed by atoms with E-state index in [4.69, 9.17) is 0 Å². The van der Waals surface area contributed by atoms with E-state index in [1.54, 1.807) is 6.07 Å². The van der Waals surface area contributed by atoms with Crippen molar-refractivity contribution in [2.75, 3.05) is 0 Å². The topological polar surface area (TPSA) is 68.0 Å². The van der Waals surface area contributed by atoms with Crippen LogP contribution in [0.1, 0.15) is 10.6 Å². The van der Waals surface area contributed by atoms with Crippen LogP contribution < -0.4 is 0 Å². The van der Waals surface area contributed by atoms with E-state index < -0.39 is 5.97 Å². The van der Waals surface area contributed by atoms with Crippen LogP contribution in [0.5, 0.6) is 0 Å². The van der Waals surface area contributed by atoms with Crippen LogP contribution in [0, 0.1) is 5.82 Å². The van der Waals surface area contributed by atoms with Crippen molar-refractivity contribution in [3.8, 4) is 5.69 Å². The van der Waals surface area contributed by atoms with Gasteiger partial charge < -0.3 is 5.11 Å². The Kier molecular flexibility index (Phi) is 2.49. The summed E-state index contributed by atoms with van der Waals surface area (Å²) in [4.78, 5) is 19.3. The highest BCUT2D eigenvalue weighted by Gasteiger charge is 2.17. The smallest absolute Gasteiger partial charge is 0.372 e. The monoisotopic (exact) mass is 257 g/mol. The molecular weight excluding hydrogens is 249 g/mol. The third-order valence-corrected chi connectivity index (χ3v) is 2.73. The molecule has 0 saturated heterocycles. The number of carboxylic acids is 1. The van der Waals surface area contributed by atoms with E-state index in [0.717, 1.165) is 0 Å². The Balaban J connectivity index is 2.34. The van der Waals surface area contributed by atoms with Gasteiger partial charge in [0.15, 0.2) is 0 Å². The molecule has 94 valence electrons. The Morgan fingerprint density at radius 1 is 1.21 bits per heavy atom. The summed E-state index contributed by atoms with van der Waals surface area (Å²) in [5.74, 6) is -1.67. The van der Waals surface area contributed by atoms with Crippen LogP contribution in [0.4, 0.5) is 4.39 Å². The number of aromatic nitrogens is 3. The van der Waals surface area contributed by atoms with Crippen molar-refractivity contribution in [3.63, 3.8) is 0 Å². The third kappa shape index (κ3) is 1.83. The minimum Gasteiger partial charge on any atom is -0.475 e. The number of benzene rings is 1. The SMILES string of the molecule is O=C(O)c1nc2ccncc2n1-c1ccc(F)cc1. The van der Waals surface area contributed by atoms with E-state index in [-0.39, 0.29) is 11.6 Å². The molecule has 1 N–H and O–H groups in total. The van der Waals surface area contributed by atoms with Gasteiger partial charge in [0, 0.05) is 11.9 Å². The molecule has 0 unspecified atom stereocenters. The van der Waals surface area contributed by atoms with Gasteiger partial charge in [-0.1, -0.05) is 0 Å². The Morgan fingerprint density at radius 2 is 1.95 bits per heavy atom. The fraction of sp³-hybridized carbons (Fsp3) is 0. The van der Waals surface area contributed by atoms with Crippen molar-refractivity contribution in [1.82, 2.24) is 14.5 Å². The Hall–Kier alpha value is -2.76. The van der Waals surface area contributed by atoms with E-state index >= 15 is 0 Å². The van der Waals surface area contributed by atoms with Gasteiger partial charge >= 0.3 is 5.97 Å². The largest absolute Gasteiger partial charge is 0.475 e. The number of hydrogen-bond donors (Lipinski definition) is 1. The molecule has 19 heavy (non-hydrogen) atoms. The lowest BCUT2D eigenvalue weighted by atomic mass is 10.3. The highest BCUT2D eigenvalue weighted by Crippen LogP contribution is 2.21. The average Bonchev–Trinajstić information content (AvgIpc) is 2.79. The zero-order valence-corrected chi connectivity index (χ0v) is 9.62. The van der Waals surface area contributed by atoms with Crippen molar-refractivity contribution in [2.45, 2.75) is 0 Å². The van der Waals surface area contributed by atoms with Crippen molar-refractivity contribution < 1.29 is 14.3 Å². The van der Waals surface area contributed by atoms with Crippen LogP contribution in [0.25, 0.3) is 16.7 Å². The Labute approximate surface area is 107 Å². The van der Waals surface area contributed by atoms with E-state index in [1.807, 2.05) is 0 Å². The first-order chi connectivity index (χ1) is 9.16. The molecule has 2 aromatic heterocycles. The summed E-state index contributed by atoms with van der Waals surface area (Å²) in [7, 11) is 0. The molecule has 0 aliphatic rings. The van der Waals surface area contributed by atoms with Crippen LogP contribution in [0.15, 0.2) is 42.7 Å². The van der Waals surface area contributed by atoms with Crippen LogP contribution in [-0.2, 0) is 0 Å². The van der Waals surface area contributed by atoms with Crippen molar-refractivity contribution in [1.29, 1.82) is 0 Å². The van der Waals surface area contributed by atoms with Crippen LogP contribution >= 0.6 is 0 Å². The quantitative estimate of drug-likeness (QED) is 0.764. The normalized spacial score (nSPS) is 10.8. The lowest BCUT2D eigenvalue weighted by molar-refractivity contribution is 0.0682. The Bertz CT molecular complexity index is 765. The summed E-state index contributed by atoms with van der Waals surface area (Å²) in [6, 6.07) is 7.15. The van der Waals surface area contributed by atoms with E-state index in [1.165, 1.54) is 41.2 Å². The van der Waals surface area contributed by atoms with Gasteiger partial charge in [0.25, 0.3) is 0 Å². The third-order valence-electron chi connectivity index (χ3n) is 2.73. The van der Waals surface area contributed by atoms with E-state index in [2.05, 4.69) is 9.97 Å². The molecule has 0 bridgehead atoms. The zero-order chi connectivity index (χ0) is 13.4. The zero-order valence-electron chi connectivity index (χ0n) is 9.62. The number of carboxylic acid groups (broad SMARTS) is 1. The van der Waals surface area contributed by atoms with Crippen LogP contribution in [0.2, 0.25) is 0 Å². The van der Waals surface area contributed by atoms with Gasteiger partial charge in [-0.3, -0.25) is 9.55 Å². The maximum atomic E-state index is 12.9. The number of imidazole rings is 1. The van der Waals surface area contributed by atoms with Crippen LogP contribution in [-0.4, -0.2) is 25.6 Å². The second kappa shape index (κ2) is 4.16. The van der Waals surface area contributed by atoms with Gasteiger partial charge in [-0.2, -0.15) is 0 Å². The van der Waals surface area contributed by atoms with Crippen molar-refractivity contribution in [3.05, 3.63) is 54.4 Å². The van der Waals surface area contributed by atoms with E-state index in [0.29, 0.717) is 16.7 Å². The molecule has 0 atom stereocenters. The molecule has 0 spiro atoms. The first-order valence-corrected chi connectivity index (χ1v) is 5.48. The molecule has 6 heteroatoms. The molecule has 2 heterocycles. The molecule has 0 aliphatic carbocycles. The summed E-state index contributed by atoms with van der Waals surface area (Å²) < 4.78 is 14.4. The predicted octanol–water partition coefficient (Wildman–Crippen LogP) is 2.26. The maximum Gasteiger partial charge on any atom is 0.372 e. The lowest BCUT2D eigenvalue weighted by Gasteiger charge is -2.06. The van der Waals surface area contributed by atoms with Crippen molar-refractivity contribution in [2.24, 2.45) is 0 Å². The molecular formula is C13H8FN3O2. The molecule has 0 radical (unpaired) electrons. The molecule has 3 rings (SSSR count). The summed E-state index contributed by atoms with van der Waals surface area (Å²) >= 11 is 0. The fourth-order valence-corrected chi connectivity index (χ4v) is 1.92. The highest BCUT2D eigenvalue weighted by atomic mass is 19.1. The minimum absolute atomic E-state index is 0.130. The first-order valence-electron chi connectivity index (χ1n) is 5.48. The molecule has 0 aliphatic heterocycles. The number of hydrogen-bond acceptors (Lipinski definition) is 3. The molecule has 1 aromatic carbocycles. The molecule has 0 amide bonds. The van der Waals surface area contributed by atoms with Gasteiger partial charge in [0.2, 0.25) is 5.82 Å². The van der Waals surface area contributed by atoms with Gasteiger partial charge in [-0.25, -0.2) is 14.2 Å². The summed E-state index contributed by atoms with van der Waals surface area (Å²) in [5.41, 5.74) is 1.61. The van der Waals surface area contributed by atoms with Gasteiger partial charge in [0.05, 0.1) is 17.2 Å². The van der Waals surface area contributed by atoms with Crippen molar-refractivity contribution >= 4 is 17.0 Å². The standard InChI is InChI=1S/C13H8FN3O2/c14-8-1-3-9(4-2-8)17-11-7-15-6-5-10(11)16-12(17)13(18)19/h1-7H,(H,18,19). The highest BCUT2D eigenvalue weighted by molar-refractivity contribution is 5.91. The Morgan fingerprint density at radius 3 is 2.63 bits per heavy atom. The average molecular weight is 257 g/mol. The fourth-order valence-electron chi connectivity index (χ4n) is 1.92. The number of fused-ring (bicyclic) bond motifs is 1. The van der Waals surface area contributed by atoms with Gasteiger partial charge in [0.1, 0.15) is 5.82 Å². The van der Waals surface area contributed by atoms with Gasteiger partial charge in [-0.05, 0) is 30.3 Å².